The fourth-order valence-electron chi connectivity index (χ4n) is 4.37. The summed E-state index contributed by atoms with van der Waals surface area (Å²) in [4.78, 5) is 31.7. The van der Waals surface area contributed by atoms with Crippen LogP contribution in [0.1, 0.15) is 29.5 Å². The van der Waals surface area contributed by atoms with Crippen LogP contribution in [0.25, 0.3) is 16.9 Å². The van der Waals surface area contributed by atoms with E-state index in [4.69, 9.17) is 4.74 Å². The average molecular weight is 431 g/mol. The van der Waals surface area contributed by atoms with Crippen LogP contribution in [0.2, 0.25) is 0 Å². The summed E-state index contributed by atoms with van der Waals surface area (Å²) in [6.45, 7) is 5.40. The Morgan fingerprint density at radius 1 is 1.06 bits per heavy atom. The van der Waals surface area contributed by atoms with Crippen molar-refractivity contribution in [3.63, 3.8) is 0 Å². The van der Waals surface area contributed by atoms with Crippen molar-refractivity contribution in [1.29, 1.82) is 0 Å². The lowest BCUT2D eigenvalue weighted by Crippen LogP contribution is -2.42. The topological polar surface area (TPSA) is 71.1 Å². The Balaban J connectivity index is 1.73. The molecule has 1 atom stereocenters. The van der Waals surface area contributed by atoms with Gasteiger partial charge in [-0.3, -0.25) is 9.36 Å². The van der Waals surface area contributed by atoms with Crippen LogP contribution in [0.15, 0.2) is 64.4 Å². The molecule has 0 spiro atoms. The lowest BCUT2D eigenvalue weighted by molar-refractivity contribution is 0.0950. The van der Waals surface area contributed by atoms with E-state index in [2.05, 4.69) is 4.98 Å². The summed E-state index contributed by atoms with van der Waals surface area (Å²) in [7, 11) is 0. The van der Waals surface area contributed by atoms with Gasteiger partial charge in [0.05, 0.1) is 24.7 Å². The Hall–Kier alpha value is -3.45. The highest BCUT2D eigenvalue weighted by Crippen LogP contribution is 2.19. The van der Waals surface area contributed by atoms with Gasteiger partial charge in [-0.05, 0) is 43.9 Å². The molecule has 1 aliphatic heterocycles. The van der Waals surface area contributed by atoms with Crippen molar-refractivity contribution in [2.24, 2.45) is 0 Å². The number of benzene rings is 2. The Kier molecular flexibility index (Phi) is 5.27. The van der Waals surface area contributed by atoms with E-state index in [1.807, 2.05) is 66.9 Å². The first-order valence-corrected chi connectivity index (χ1v) is 11.0. The molecule has 1 unspecified atom stereocenters. The van der Waals surface area contributed by atoms with Gasteiger partial charge in [-0.2, -0.15) is 0 Å². The van der Waals surface area contributed by atoms with E-state index in [1.165, 1.54) is 10.1 Å². The minimum Gasteiger partial charge on any atom is -0.376 e. The molecule has 0 aliphatic carbocycles. The third-order valence-corrected chi connectivity index (χ3v) is 6.14. The van der Waals surface area contributed by atoms with Crippen LogP contribution >= 0.6 is 0 Å². The van der Waals surface area contributed by atoms with Crippen LogP contribution in [0.3, 0.4) is 0 Å². The van der Waals surface area contributed by atoms with Crippen molar-refractivity contribution < 1.29 is 4.74 Å². The zero-order valence-electron chi connectivity index (χ0n) is 18.3. The van der Waals surface area contributed by atoms with Crippen LogP contribution in [-0.4, -0.2) is 31.4 Å². The molecule has 1 aliphatic rings. The van der Waals surface area contributed by atoms with E-state index in [0.29, 0.717) is 24.3 Å². The fraction of sp³-hybridized carbons (Fsp3) is 0.320. The number of para-hydroxylation sites is 1. The molecule has 1 fully saturated rings. The number of ether oxygens (including phenoxy) is 1. The molecule has 5 rings (SSSR count). The summed E-state index contributed by atoms with van der Waals surface area (Å²) in [6, 6.07) is 15.8. The molecule has 7 heteroatoms. The van der Waals surface area contributed by atoms with E-state index in [9.17, 15) is 9.59 Å². The predicted octanol–water partition coefficient (Wildman–Crippen LogP) is 3.19. The van der Waals surface area contributed by atoms with Crippen molar-refractivity contribution in [1.82, 2.24) is 18.7 Å². The molecular weight excluding hydrogens is 404 g/mol. The van der Waals surface area contributed by atoms with E-state index in [-0.39, 0.29) is 23.9 Å². The van der Waals surface area contributed by atoms with Gasteiger partial charge in [0.1, 0.15) is 0 Å². The molecule has 2 aromatic heterocycles. The lowest BCUT2D eigenvalue weighted by Gasteiger charge is -2.16. The van der Waals surface area contributed by atoms with Crippen LogP contribution in [-0.2, 0) is 17.8 Å². The summed E-state index contributed by atoms with van der Waals surface area (Å²) in [5.41, 5.74) is 4.00. The highest BCUT2D eigenvalue weighted by molar-refractivity contribution is 5.73. The summed E-state index contributed by atoms with van der Waals surface area (Å²) in [6.07, 6.45) is 3.31. The number of nitrogens with zero attached hydrogens (tertiary/aromatic N) is 4. The number of rotatable bonds is 5. The van der Waals surface area contributed by atoms with Gasteiger partial charge in [0, 0.05) is 13.2 Å². The second kappa shape index (κ2) is 8.24. The van der Waals surface area contributed by atoms with Crippen molar-refractivity contribution in [3.8, 4) is 5.69 Å². The Labute approximate surface area is 185 Å². The largest absolute Gasteiger partial charge is 0.376 e. The van der Waals surface area contributed by atoms with Crippen LogP contribution in [0.4, 0.5) is 0 Å². The standard InChI is InChI=1S/C25H26N4O3/c1-17-9-11-19(12-10-17)14-27-16-26-23-22(27)24(30)28(15-20-7-5-13-32-20)25(31)29(23)21-8-4-3-6-18(21)2/h3-4,6,8-12,16,20H,5,7,13-15H2,1-2H3. The second-order valence-electron chi connectivity index (χ2n) is 8.49. The zero-order chi connectivity index (χ0) is 22.2. The van der Waals surface area contributed by atoms with Crippen molar-refractivity contribution in [2.75, 3.05) is 6.61 Å². The maximum atomic E-state index is 13.6. The van der Waals surface area contributed by atoms with Gasteiger partial charge in [-0.1, -0.05) is 48.0 Å². The molecule has 0 amide bonds. The number of aryl methyl sites for hydroxylation is 2. The number of imidazole rings is 1. The summed E-state index contributed by atoms with van der Waals surface area (Å²) in [5, 5.41) is 0. The number of hydrogen-bond donors (Lipinski definition) is 0. The molecule has 2 aromatic carbocycles. The molecule has 0 bridgehead atoms. The van der Waals surface area contributed by atoms with Gasteiger partial charge in [0.15, 0.2) is 11.2 Å². The van der Waals surface area contributed by atoms with E-state index in [1.54, 1.807) is 10.9 Å². The summed E-state index contributed by atoms with van der Waals surface area (Å²) in [5.74, 6) is 0. The third-order valence-electron chi connectivity index (χ3n) is 6.14. The second-order valence-corrected chi connectivity index (χ2v) is 8.49. The summed E-state index contributed by atoms with van der Waals surface area (Å²) >= 11 is 0. The molecule has 7 nitrogen and oxygen atoms in total. The van der Waals surface area contributed by atoms with Gasteiger partial charge in [0.25, 0.3) is 5.56 Å². The minimum absolute atomic E-state index is 0.128. The van der Waals surface area contributed by atoms with E-state index >= 15 is 0 Å². The van der Waals surface area contributed by atoms with Gasteiger partial charge < -0.3 is 9.30 Å². The van der Waals surface area contributed by atoms with Gasteiger partial charge in [-0.15, -0.1) is 0 Å². The summed E-state index contributed by atoms with van der Waals surface area (Å²) < 4.78 is 10.5. The first-order valence-electron chi connectivity index (χ1n) is 11.0. The Morgan fingerprint density at radius 3 is 2.56 bits per heavy atom. The van der Waals surface area contributed by atoms with Gasteiger partial charge in [-0.25, -0.2) is 14.3 Å². The van der Waals surface area contributed by atoms with Gasteiger partial charge >= 0.3 is 5.69 Å². The van der Waals surface area contributed by atoms with E-state index < -0.39 is 0 Å². The smallest absolute Gasteiger partial charge is 0.337 e. The quantitative estimate of drug-likeness (QED) is 0.488. The number of aromatic nitrogens is 4. The highest BCUT2D eigenvalue weighted by Gasteiger charge is 2.24. The molecule has 0 radical (unpaired) electrons. The first-order chi connectivity index (χ1) is 15.5. The first kappa shape index (κ1) is 20.5. The van der Waals surface area contributed by atoms with Crippen LogP contribution < -0.4 is 11.2 Å². The Bertz CT molecular complexity index is 1390. The molecule has 1 saturated heterocycles. The monoisotopic (exact) mass is 430 g/mol. The van der Waals surface area contributed by atoms with Crippen molar-refractivity contribution in [2.45, 2.75) is 45.9 Å². The lowest BCUT2D eigenvalue weighted by atomic mass is 10.1. The molecule has 0 N–H and O–H groups in total. The average Bonchev–Trinajstić information content (AvgIpc) is 3.44. The Morgan fingerprint density at radius 2 is 1.84 bits per heavy atom. The molecule has 32 heavy (non-hydrogen) atoms. The fourth-order valence-corrected chi connectivity index (χ4v) is 4.37. The normalized spacial score (nSPS) is 16.1. The molecular formula is C25H26N4O3. The maximum Gasteiger partial charge on any atom is 0.337 e. The molecule has 3 heterocycles. The van der Waals surface area contributed by atoms with Gasteiger partial charge in [0.2, 0.25) is 0 Å². The van der Waals surface area contributed by atoms with Crippen LogP contribution in [0, 0.1) is 13.8 Å². The molecule has 0 saturated carbocycles. The third kappa shape index (κ3) is 3.58. The molecule has 164 valence electrons. The van der Waals surface area contributed by atoms with Crippen LogP contribution in [0.5, 0.6) is 0 Å². The molecule has 4 aromatic rings. The highest BCUT2D eigenvalue weighted by atomic mass is 16.5. The maximum absolute atomic E-state index is 13.6. The SMILES string of the molecule is Cc1ccc(Cn2cnc3c2c(=O)n(CC2CCCO2)c(=O)n3-c2ccccc2C)cc1. The van der Waals surface area contributed by atoms with Crippen molar-refractivity contribution in [3.05, 3.63) is 92.4 Å². The van der Waals surface area contributed by atoms with Crippen molar-refractivity contribution >= 4 is 11.2 Å². The number of fused-ring (bicyclic) bond motifs is 1. The minimum atomic E-state index is -0.382. The number of hydrogen-bond acceptors (Lipinski definition) is 4. The zero-order valence-corrected chi connectivity index (χ0v) is 18.3. The predicted molar refractivity (Wildman–Crippen MR) is 124 cm³/mol. The van der Waals surface area contributed by atoms with E-state index in [0.717, 1.165) is 29.7 Å².